The first-order valence-corrected chi connectivity index (χ1v) is 7.64. The molecule has 0 aliphatic rings. The molecule has 0 unspecified atom stereocenters. The summed E-state index contributed by atoms with van der Waals surface area (Å²) < 4.78 is 17.7. The summed E-state index contributed by atoms with van der Waals surface area (Å²) >= 11 is 0. The fourth-order valence-corrected chi connectivity index (χ4v) is 2.21. The molecule has 0 aliphatic carbocycles. The van der Waals surface area contributed by atoms with Gasteiger partial charge in [-0.25, -0.2) is 9.18 Å². The van der Waals surface area contributed by atoms with Crippen molar-refractivity contribution in [1.29, 1.82) is 0 Å². The third-order valence-corrected chi connectivity index (χ3v) is 3.46. The van der Waals surface area contributed by atoms with Gasteiger partial charge in [-0.3, -0.25) is 9.59 Å². The van der Waals surface area contributed by atoms with Gasteiger partial charge in [0.15, 0.2) is 0 Å². The summed E-state index contributed by atoms with van der Waals surface area (Å²) in [4.78, 5) is 35.6. The molecule has 24 heavy (non-hydrogen) atoms. The monoisotopic (exact) mass is 338 g/mol. The number of hydrogen-bond acceptors (Lipinski definition) is 4. The summed E-state index contributed by atoms with van der Waals surface area (Å²) in [6, 6.07) is 3.93. The van der Waals surface area contributed by atoms with Gasteiger partial charge in [-0.2, -0.15) is 0 Å². The summed E-state index contributed by atoms with van der Waals surface area (Å²) in [5.74, 6) is -1.96. The van der Waals surface area contributed by atoms with E-state index in [1.54, 1.807) is 13.8 Å². The van der Waals surface area contributed by atoms with E-state index in [2.05, 4.69) is 10.6 Å². The number of nitrogens with one attached hydrogen (secondary N) is 2. The maximum Gasteiger partial charge on any atom is 0.328 e. The SMILES string of the molecule is COC(=O)[C@H](Cc1ccc(F)cc1)NC(=O)[C@H](NC(C)=O)C(C)C. The number of carbonyl (C=O) groups excluding carboxylic acids is 3. The number of esters is 1. The largest absolute Gasteiger partial charge is 0.467 e. The molecule has 1 rings (SSSR count). The molecule has 7 heteroatoms. The molecule has 132 valence electrons. The number of amides is 2. The van der Waals surface area contributed by atoms with Crippen molar-refractivity contribution in [1.82, 2.24) is 10.6 Å². The Hall–Kier alpha value is -2.44. The minimum atomic E-state index is -0.928. The summed E-state index contributed by atoms with van der Waals surface area (Å²) in [7, 11) is 1.22. The van der Waals surface area contributed by atoms with Crippen LogP contribution in [0.3, 0.4) is 0 Å². The zero-order chi connectivity index (χ0) is 18.3. The van der Waals surface area contributed by atoms with Crippen LogP contribution in [0.15, 0.2) is 24.3 Å². The van der Waals surface area contributed by atoms with Crippen LogP contribution in [0.2, 0.25) is 0 Å². The molecular formula is C17H23FN2O4. The summed E-state index contributed by atoms with van der Waals surface area (Å²) in [6.45, 7) is 4.89. The van der Waals surface area contributed by atoms with Crippen LogP contribution < -0.4 is 10.6 Å². The van der Waals surface area contributed by atoms with Gasteiger partial charge in [0.05, 0.1) is 7.11 Å². The minimum absolute atomic E-state index is 0.155. The number of benzene rings is 1. The predicted molar refractivity (Wildman–Crippen MR) is 86.5 cm³/mol. The highest BCUT2D eigenvalue weighted by molar-refractivity contribution is 5.90. The molecule has 0 heterocycles. The van der Waals surface area contributed by atoms with E-state index in [0.717, 1.165) is 0 Å². The van der Waals surface area contributed by atoms with Crippen LogP contribution in [0.25, 0.3) is 0 Å². The molecule has 0 radical (unpaired) electrons. The molecular weight excluding hydrogens is 315 g/mol. The lowest BCUT2D eigenvalue weighted by atomic mass is 10.0. The fourth-order valence-electron chi connectivity index (χ4n) is 2.21. The molecule has 0 aliphatic heterocycles. The van der Waals surface area contributed by atoms with Gasteiger partial charge in [0, 0.05) is 13.3 Å². The van der Waals surface area contributed by atoms with E-state index in [1.807, 2.05) is 0 Å². The Kier molecular flexibility index (Phi) is 7.35. The van der Waals surface area contributed by atoms with Gasteiger partial charge in [0.25, 0.3) is 0 Å². The lowest BCUT2D eigenvalue weighted by Gasteiger charge is -2.24. The van der Waals surface area contributed by atoms with Crippen LogP contribution in [0.5, 0.6) is 0 Å². The Morgan fingerprint density at radius 1 is 1.12 bits per heavy atom. The maximum absolute atomic E-state index is 13.0. The number of methoxy groups -OCH3 is 1. The molecule has 0 fully saturated rings. The van der Waals surface area contributed by atoms with E-state index in [-0.39, 0.29) is 24.1 Å². The number of hydrogen-bond donors (Lipinski definition) is 2. The van der Waals surface area contributed by atoms with Crippen molar-refractivity contribution in [3.05, 3.63) is 35.6 Å². The highest BCUT2D eigenvalue weighted by atomic mass is 19.1. The minimum Gasteiger partial charge on any atom is -0.467 e. The van der Waals surface area contributed by atoms with Crippen LogP contribution in [0.4, 0.5) is 4.39 Å². The van der Waals surface area contributed by atoms with E-state index in [9.17, 15) is 18.8 Å². The van der Waals surface area contributed by atoms with Gasteiger partial charge in [-0.15, -0.1) is 0 Å². The van der Waals surface area contributed by atoms with Gasteiger partial charge >= 0.3 is 5.97 Å². The second-order valence-corrected chi connectivity index (χ2v) is 5.84. The zero-order valence-electron chi connectivity index (χ0n) is 14.3. The molecule has 1 aromatic carbocycles. The van der Waals surface area contributed by atoms with Gasteiger partial charge < -0.3 is 15.4 Å². The average molecular weight is 338 g/mol. The molecule has 0 spiro atoms. The summed E-state index contributed by atoms with van der Waals surface area (Å²) in [5.41, 5.74) is 0.674. The third kappa shape index (κ3) is 5.98. The van der Waals surface area contributed by atoms with Gasteiger partial charge in [-0.1, -0.05) is 26.0 Å². The summed E-state index contributed by atoms with van der Waals surface area (Å²) in [5, 5.41) is 5.16. The molecule has 0 saturated heterocycles. The van der Waals surface area contributed by atoms with E-state index in [1.165, 1.54) is 38.3 Å². The highest BCUT2D eigenvalue weighted by Gasteiger charge is 2.28. The second-order valence-electron chi connectivity index (χ2n) is 5.84. The van der Waals surface area contributed by atoms with Crippen molar-refractivity contribution in [2.45, 2.75) is 39.3 Å². The van der Waals surface area contributed by atoms with Gasteiger partial charge in [-0.05, 0) is 23.6 Å². The third-order valence-electron chi connectivity index (χ3n) is 3.46. The van der Waals surface area contributed by atoms with E-state index < -0.39 is 24.0 Å². The number of halogens is 1. The van der Waals surface area contributed by atoms with Crippen molar-refractivity contribution in [3.8, 4) is 0 Å². The van der Waals surface area contributed by atoms with E-state index >= 15 is 0 Å². The van der Waals surface area contributed by atoms with Crippen molar-refractivity contribution in [2.75, 3.05) is 7.11 Å². The van der Waals surface area contributed by atoms with Crippen molar-refractivity contribution < 1.29 is 23.5 Å². The standard InChI is InChI=1S/C17H23FN2O4/c1-10(2)15(19-11(3)21)16(22)20-14(17(23)24-4)9-12-5-7-13(18)8-6-12/h5-8,10,14-15H,9H2,1-4H3,(H,19,21)(H,20,22)/t14-,15+/m0/s1. The number of rotatable bonds is 7. The lowest BCUT2D eigenvalue weighted by Crippen LogP contribution is -2.54. The van der Waals surface area contributed by atoms with Gasteiger partial charge in [0.2, 0.25) is 11.8 Å². The molecule has 2 N–H and O–H groups in total. The first kappa shape index (κ1) is 19.6. The highest BCUT2D eigenvalue weighted by Crippen LogP contribution is 2.09. The van der Waals surface area contributed by atoms with Gasteiger partial charge in [0.1, 0.15) is 17.9 Å². The molecule has 0 aromatic heterocycles. The molecule has 2 amide bonds. The topological polar surface area (TPSA) is 84.5 Å². The lowest BCUT2D eigenvalue weighted by molar-refractivity contribution is -0.145. The molecule has 0 bridgehead atoms. The normalized spacial score (nSPS) is 13.1. The van der Waals surface area contributed by atoms with Crippen molar-refractivity contribution in [3.63, 3.8) is 0 Å². The van der Waals surface area contributed by atoms with Crippen molar-refractivity contribution >= 4 is 17.8 Å². The van der Waals surface area contributed by atoms with Crippen LogP contribution >= 0.6 is 0 Å². The Bertz CT molecular complexity index is 587. The second kappa shape index (κ2) is 9.00. The van der Waals surface area contributed by atoms with Crippen LogP contribution in [-0.4, -0.2) is 37.0 Å². The molecule has 6 nitrogen and oxygen atoms in total. The Morgan fingerprint density at radius 3 is 2.17 bits per heavy atom. The molecule has 0 saturated carbocycles. The first-order valence-electron chi connectivity index (χ1n) is 7.64. The fraction of sp³-hybridized carbons (Fsp3) is 0.471. The van der Waals surface area contributed by atoms with Crippen LogP contribution in [0, 0.1) is 11.7 Å². The zero-order valence-corrected chi connectivity index (χ0v) is 14.3. The Morgan fingerprint density at radius 2 is 1.71 bits per heavy atom. The summed E-state index contributed by atoms with van der Waals surface area (Å²) in [6.07, 6.45) is 0.156. The Labute approximate surface area is 140 Å². The first-order chi connectivity index (χ1) is 11.2. The average Bonchev–Trinajstić information content (AvgIpc) is 2.52. The number of ether oxygens (including phenoxy) is 1. The Balaban J connectivity index is 2.88. The van der Waals surface area contributed by atoms with E-state index in [4.69, 9.17) is 4.74 Å². The molecule has 1 aromatic rings. The van der Waals surface area contributed by atoms with Crippen molar-refractivity contribution in [2.24, 2.45) is 5.92 Å². The quantitative estimate of drug-likeness (QED) is 0.732. The van der Waals surface area contributed by atoms with Crippen LogP contribution in [0.1, 0.15) is 26.3 Å². The predicted octanol–water partition coefficient (Wildman–Crippen LogP) is 1.19. The smallest absolute Gasteiger partial charge is 0.328 e. The molecule has 2 atom stereocenters. The van der Waals surface area contributed by atoms with Crippen LogP contribution in [-0.2, 0) is 25.5 Å². The maximum atomic E-state index is 13.0. The number of carbonyl (C=O) groups is 3. The van der Waals surface area contributed by atoms with E-state index in [0.29, 0.717) is 5.56 Å².